The molecule has 2 aromatic rings. The van der Waals surface area contributed by atoms with Crippen molar-refractivity contribution in [1.82, 2.24) is 15.2 Å². The minimum Gasteiger partial charge on any atom is -0.441 e. The van der Waals surface area contributed by atoms with Crippen LogP contribution in [-0.4, -0.2) is 73.5 Å². The molecule has 2 fully saturated rings. The third-order valence-electron chi connectivity index (χ3n) is 5.76. The van der Waals surface area contributed by atoms with E-state index in [1.165, 1.54) is 0 Å². The van der Waals surface area contributed by atoms with Gasteiger partial charge < -0.3 is 28.8 Å². The summed E-state index contributed by atoms with van der Waals surface area (Å²) in [7, 11) is 0. The van der Waals surface area contributed by atoms with Crippen molar-refractivity contribution < 1.29 is 28.2 Å². The van der Waals surface area contributed by atoms with Gasteiger partial charge in [0.05, 0.1) is 38.7 Å². The van der Waals surface area contributed by atoms with E-state index in [2.05, 4.69) is 10.3 Å². The van der Waals surface area contributed by atoms with Gasteiger partial charge in [-0.25, -0.2) is 4.98 Å². The van der Waals surface area contributed by atoms with Crippen LogP contribution in [0.1, 0.15) is 18.4 Å². The van der Waals surface area contributed by atoms with Crippen LogP contribution in [0.2, 0.25) is 0 Å². The molecule has 3 heterocycles. The first-order chi connectivity index (χ1) is 15.4. The van der Waals surface area contributed by atoms with Gasteiger partial charge in [-0.1, -0.05) is 18.2 Å². The minimum absolute atomic E-state index is 0.0401. The highest BCUT2D eigenvalue weighted by atomic mass is 16.7. The number of carbonyl (C=O) groups is 2. The Morgan fingerprint density at radius 2 is 1.84 bits per heavy atom. The number of aromatic nitrogens is 1. The molecule has 0 saturated carbocycles. The van der Waals surface area contributed by atoms with E-state index < -0.39 is 11.7 Å². The van der Waals surface area contributed by atoms with Crippen LogP contribution >= 0.6 is 0 Å². The van der Waals surface area contributed by atoms with Crippen molar-refractivity contribution in [3.05, 3.63) is 41.8 Å². The third-order valence-corrected chi connectivity index (χ3v) is 5.76. The van der Waals surface area contributed by atoms with Crippen molar-refractivity contribution in [2.24, 2.45) is 5.92 Å². The summed E-state index contributed by atoms with van der Waals surface area (Å²) in [6.07, 6.45) is 0.620. The lowest BCUT2D eigenvalue weighted by molar-refractivity contribution is -0.259. The molecule has 4 rings (SSSR count). The predicted molar refractivity (Wildman–Crippen MR) is 115 cm³/mol. The smallest absolute Gasteiger partial charge is 0.280 e. The van der Waals surface area contributed by atoms with Crippen LogP contribution in [-0.2, 0) is 30.2 Å². The number of aryl methyl sites for hydroxylation is 1. The lowest BCUT2D eigenvalue weighted by Crippen LogP contribution is -2.55. The molecular formula is C23H29N3O6. The van der Waals surface area contributed by atoms with Crippen LogP contribution in [0, 0.1) is 12.8 Å². The molecule has 2 saturated heterocycles. The molecule has 0 radical (unpaired) electrons. The average molecular weight is 444 g/mol. The zero-order chi connectivity index (χ0) is 22.6. The standard InChI is InChI=1S/C23H29N3O6/c1-16-19(25-21(32-16)18-6-4-3-5-7-18)12-17-14-30-23(2,31-15-17)22(28)24-13-20(27)26-8-10-29-11-9-26/h3-7,17H,8-15H2,1-2H3,(H,24,28). The number of rotatable bonds is 6. The van der Waals surface area contributed by atoms with E-state index in [-0.39, 0.29) is 18.4 Å². The van der Waals surface area contributed by atoms with Crippen molar-refractivity contribution in [1.29, 1.82) is 0 Å². The van der Waals surface area contributed by atoms with Crippen molar-refractivity contribution in [3.8, 4) is 11.5 Å². The van der Waals surface area contributed by atoms with Gasteiger partial charge in [-0.15, -0.1) is 0 Å². The molecule has 1 aromatic heterocycles. The first-order valence-corrected chi connectivity index (χ1v) is 10.9. The van der Waals surface area contributed by atoms with Crippen molar-refractivity contribution in [2.75, 3.05) is 46.1 Å². The number of nitrogens with one attached hydrogen (secondary N) is 1. The third kappa shape index (κ3) is 5.17. The van der Waals surface area contributed by atoms with Gasteiger partial charge in [-0.3, -0.25) is 9.59 Å². The highest BCUT2D eigenvalue weighted by Crippen LogP contribution is 2.27. The molecule has 0 spiro atoms. The van der Waals surface area contributed by atoms with E-state index in [9.17, 15) is 9.59 Å². The van der Waals surface area contributed by atoms with Gasteiger partial charge in [0.1, 0.15) is 5.76 Å². The highest BCUT2D eigenvalue weighted by molar-refractivity contribution is 5.88. The van der Waals surface area contributed by atoms with Crippen LogP contribution < -0.4 is 5.32 Å². The molecule has 2 aliphatic rings. The Kier molecular flexibility index (Phi) is 6.88. The molecule has 172 valence electrons. The van der Waals surface area contributed by atoms with E-state index in [0.29, 0.717) is 51.8 Å². The molecule has 0 atom stereocenters. The van der Waals surface area contributed by atoms with Crippen LogP contribution in [0.4, 0.5) is 0 Å². The molecule has 0 unspecified atom stereocenters. The van der Waals surface area contributed by atoms with Crippen LogP contribution in [0.5, 0.6) is 0 Å². The predicted octanol–water partition coefficient (Wildman–Crippen LogP) is 1.55. The summed E-state index contributed by atoms with van der Waals surface area (Å²) in [5, 5.41) is 2.64. The Labute approximate surface area is 187 Å². The Hall–Kier alpha value is -2.75. The van der Waals surface area contributed by atoms with Crippen molar-refractivity contribution in [2.45, 2.75) is 26.1 Å². The molecular weight excluding hydrogens is 414 g/mol. The lowest BCUT2D eigenvalue weighted by Gasteiger charge is -2.36. The SMILES string of the molecule is Cc1oc(-c2ccccc2)nc1CC1COC(C)(C(=O)NCC(=O)N2CCOCC2)OC1. The maximum Gasteiger partial charge on any atom is 0.280 e. The normalized spacial score (nSPS) is 23.7. The zero-order valence-corrected chi connectivity index (χ0v) is 18.5. The summed E-state index contributed by atoms with van der Waals surface area (Å²) in [5.74, 6) is -0.633. The van der Waals surface area contributed by atoms with E-state index >= 15 is 0 Å². The number of carbonyl (C=O) groups excluding carboxylic acids is 2. The number of hydrogen-bond donors (Lipinski definition) is 1. The van der Waals surface area contributed by atoms with Gasteiger partial charge in [0.25, 0.3) is 5.91 Å². The second-order valence-corrected chi connectivity index (χ2v) is 8.20. The fourth-order valence-corrected chi connectivity index (χ4v) is 3.73. The number of oxazole rings is 1. The summed E-state index contributed by atoms with van der Waals surface area (Å²) in [6, 6.07) is 9.74. The Bertz CT molecular complexity index is 930. The highest BCUT2D eigenvalue weighted by Gasteiger charge is 2.41. The lowest BCUT2D eigenvalue weighted by atomic mass is 10.0. The summed E-state index contributed by atoms with van der Waals surface area (Å²) < 4.78 is 22.6. The van der Waals surface area contributed by atoms with E-state index in [4.69, 9.17) is 18.6 Å². The quantitative estimate of drug-likeness (QED) is 0.722. The monoisotopic (exact) mass is 443 g/mol. The van der Waals surface area contributed by atoms with Crippen molar-refractivity contribution >= 4 is 11.8 Å². The number of morpholine rings is 1. The fraction of sp³-hybridized carbons (Fsp3) is 0.522. The summed E-state index contributed by atoms with van der Waals surface area (Å²) in [6.45, 7) is 6.16. The Balaban J connectivity index is 1.27. The molecule has 9 nitrogen and oxygen atoms in total. The van der Waals surface area contributed by atoms with Gasteiger partial charge in [-0.05, 0) is 26.0 Å². The van der Waals surface area contributed by atoms with Crippen LogP contribution in [0.25, 0.3) is 11.5 Å². The molecule has 1 N–H and O–H groups in total. The van der Waals surface area contributed by atoms with E-state index in [1.807, 2.05) is 37.3 Å². The molecule has 0 aliphatic carbocycles. The first kappa shape index (κ1) is 22.4. The maximum absolute atomic E-state index is 12.6. The van der Waals surface area contributed by atoms with E-state index in [0.717, 1.165) is 17.0 Å². The number of hydrogen-bond acceptors (Lipinski definition) is 7. The fourth-order valence-electron chi connectivity index (χ4n) is 3.73. The maximum atomic E-state index is 12.6. The second kappa shape index (κ2) is 9.81. The summed E-state index contributed by atoms with van der Waals surface area (Å²) in [5.41, 5.74) is 1.78. The molecule has 1 aromatic carbocycles. The van der Waals surface area contributed by atoms with Gasteiger partial charge >= 0.3 is 0 Å². The summed E-state index contributed by atoms with van der Waals surface area (Å²) in [4.78, 5) is 31.1. The molecule has 2 amide bonds. The largest absolute Gasteiger partial charge is 0.441 e. The topological polar surface area (TPSA) is 103 Å². The van der Waals surface area contributed by atoms with Gasteiger partial charge in [0.15, 0.2) is 0 Å². The molecule has 32 heavy (non-hydrogen) atoms. The molecule has 0 bridgehead atoms. The minimum atomic E-state index is -1.42. The van der Waals surface area contributed by atoms with Gasteiger partial charge in [0.2, 0.25) is 17.6 Å². The average Bonchev–Trinajstić information content (AvgIpc) is 3.20. The number of benzene rings is 1. The van der Waals surface area contributed by atoms with E-state index in [1.54, 1.807) is 11.8 Å². The Morgan fingerprint density at radius 1 is 1.16 bits per heavy atom. The van der Waals surface area contributed by atoms with Crippen LogP contribution in [0.3, 0.4) is 0 Å². The number of ether oxygens (including phenoxy) is 3. The van der Waals surface area contributed by atoms with Gasteiger partial charge in [-0.2, -0.15) is 0 Å². The Morgan fingerprint density at radius 3 is 2.53 bits per heavy atom. The zero-order valence-electron chi connectivity index (χ0n) is 18.5. The first-order valence-electron chi connectivity index (χ1n) is 10.9. The van der Waals surface area contributed by atoms with Gasteiger partial charge in [0, 0.05) is 31.0 Å². The molecule has 9 heteroatoms. The van der Waals surface area contributed by atoms with Crippen molar-refractivity contribution in [3.63, 3.8) is 0 Å². The molecule has 2 aliphatic heterocycles. The number of amides is 2. The number of nitrogens with zero attached hydrogens (tertiary/aromatic N) is 2. The van der Waals surface area contributed by atoms with Crippen LogP contribution in [0.15, 0.2) is 34.7 Å². The second-order valence-electron chi connectivity index (χ2n) is 8.20. The summed E-state index contributed by atoms with van der Waals surface area (Å²) >= 11 is 0.